The summed E-state index contributed by atoms with van der Waals surface area (Å²) in [6.45, 7) is 3.19. The second kappa shape index (κ2) is 12.3. The number of nitrogens with one attached hydrogen (secondary N) is 1. The molecule has 12 heteroatoms. The maximum absolute atomic E-state index is 11.3. The molecule has 0 aliphatic rings. The van der Waals surface area contributed by atoms with E-state index >= 15 is 0 Å². The summed E-state index contributed by atoms with van der Waals surface area (Å²) < 4.78 is 18.2. The summed E-state index contributed by atoms with van der Waals surface area (Å²) in [6, 6.07) is -1.40. The maximum Gasteiger partial charge on any atom is 0.410 e. The van der Waals surface area contributed by atoms with Crippen molar-refractivity contribution in [3.05, 3.63) is 0 Å². The van der Waals surface area contributed by atoms with Gasteiger partial charge in [-0.2, -0.15) is 0 Å². The van der Waals surface area contributed by atoms with Crippen LogP contribution in [-0.4, -0.2) is 65.2 Å². The average Bonchev–Trinajstić information content (AvgIpc) is 2.50. The molecule has 1 amide bonds. The third-order valence-corrected chi connectivity index (χ3v) is 3.28. The van der Waals surface area contributed by atoms with Crippen LogP contribution in [0.1, 0.15) is 20.8 Å². The molecule has 0 aromatic heterocycles. The first-order valence-electron chi connectivity index (χ1n) is 7.00. The lowest BCUT2D eigenvalue weighted by molar-refractivity contribution is -0.171. The van der Waals surface area contributed by atoms with Gasteiger partial charge in [0.2, 0.25) is 12.4 Å². The third-order valence-electron chi connectivity index (χ3n) is 2.33. The number of aliphatic hydroxyl groups is 1. The van der Waals surface area contributed by atoms with Crippen molar-refractivity contribution >= 4 is 35.8 Å². The van der Waals surface area contributed by atoms with Gasteiger partial charge in [0.25, 0.3) is 0 Å². The molecule has 1 unspecified atom stereocenters. The van der Waals surface area contributed by atoms with E-state index in [-0.39, 0.29) is 11.7 Å². The van der Waals surface area contributed by atoms with E-state index in [4.69, 9.17) is 9.84 Å². The van der Waals surface area contributed by atoms with Crippen LogP contribution in [-0.2, 0) is 33.3 Å². The van der Waals surface area contributed by atoms with Crippen molar-refractivity contribution in [2.75, 3.05) is 19.3 Å². The Morgan fingerprint density at radius 3 is 2.24 bits per heavy atom. The summed E-state index contributed by atoms with van der Waals surface area (Å²) >= 11 is 0.649. The number of amides is 1. The van der Waals surface area contributed by atoms with Gasteiger partial charge in [-0.05, 0) is 0 Å². The Bertz CT molecular complexity index is 470. The topological polar surface area (TPSA) is 158 Å². The largest absolute Gasteiger partial charge is 0.480 e. The summed E-state index contributed by atoms with van der Waals surface area (Å²) in [6.07, 6.45) is -1.12. The predicted molar refractivity (Wildman–Crippen MR) is 83.0 cm³/mol. The van der Waals surface area contributed by atoms with E-state index in [9.17, 15) is 24.3 Å². The number of hydrogen-bond acceptors (Lipinski definition) is 10. The SMILES string of the molecule is CC(=O)OCOC(=O)N[C@@H](CSC(O)OCOC(=O)C(C)C)C(=O)O. The maximum atomic E-state index is 11.3. The molecule has 0 rings (SSSR count). The van der Waals surface area contributed by atoms with Crippen molar-refractivity contribution in [2.24, 2.45) is 5.92 Å². The Morgan fingerprint density at radius 1 is 1.08 bits per heavy atom. The lowest BCUT2D eigenvalue weighted by Crippen LogP contribution is -2.43. The number of alkyl carbamates (subject to hydrolysis) is 1. The number of rotatable bonds is 11. The van der Waals surface area contributed by atoms with Gasteiger partial charge in [-0.25, -0.2) is 9.59 Å². The standard InChI is InChI=1S/C13H21NO10S/c1-7(2)11(18)22-6-24-13(20)25-4-9(10(16)17)14-12(19)23-5-21-8(3)15/h7,9,13,20H,4-6H2,1-3H3,(H,14,19)(H,16,17)/t9-,13?/m0/s1. The highest BCUT2D eigenvalue weighted by atomic mass is 32.2. The summed E-state index contributed by atoms with van der Waals surface area (Å²) in [7, 11) is 0. The van der Waals surface area contributed by atoms with Crippen molar-refractivity contribution in [1.82, 2.24) is 5.32 Å². The molecule has 0 saturated heterocycles. The Balaban J connectivity index is 4.13. The molecule has 2 atom stereocenters. The van der Waals surface area contributed by atoms with Crippen molar-refractivity contribution in [2.45, 2.75) is 32.4 Å². The fourth-order valence-electron chi connectivity index (χ4n) is 1.07. The van der Waals surface area contributed by atoms with Crippen LogP contribution in [0.15, 0.2) is 0 Å². The Labute approximate surface area is 147 Å². The highest BCUT2D eigenvalue weighted by Gasteiger charge is 2.23. The number of hydrogen-bond donors (Lipinski definition) is 3. The van der Waals surface area contributed by atoms with Crippen LogP contribution in [0.25, 0.3) is 0 Å². The molecule has 0 aromatic rings. The Hall–Kier alpha value is -2.05. The van der Waals surface area contributed by atoms with Crippen LogP contribution in [0.2, 0.25) is 0 Å². The zero-order chi connectivity index (χ0) is 19.4. The predicted octanol–water partition coefficient (Wildman–Crippen LogP) is -0.131. The molecule has 0 spiro atoms. The lowest BCUT2D eigenvalue weighted by atomic mass is 10.2. The summed E-state index contributed by atoms with van der Waals surface area (Å²) in [4.78, 5) is 44.1. The van der Waals surface area contributed by atoms with Crippen molar-refractivity contribution < 1.29 is 48.3 Å². The quantitative estimate of drug-likeness (QED) is 0.322. The molecule has 0 aliphatic carbocycles. The second-order valence-corrected chi connectivity index (χ2v) is 5.83. The number of thioether (sulfide) groups is 1. The molecule has 0 radical (unpaired) electrons. The Morgan fingerprint density at radius 2 is 1.72 bits per heavy atom. The van der Waals surface area contributed by atoms with E-state index in [0.29, 0.717) is 11.8 Å². The Kier molecular flexibility index (Phi) is 11.3. The van der Waals surface area contributed by atoms with Gasteiger partial charge >= 0.3 is 24.0 Å². The first-order valence-corrected chi connectivity index (χ1v) is 8.05. The van der Waals surface area contributed by atoms with Crippen LogP contribution < -0.4 is 5.32 Å². The van der Waals surface area contributed by atoms with Crippen molar-refractivity contribution in [1.29, 1.82) is 0 Å². The molecule has 3 N–H and O–H groups in total. The van der Waals surface area contributed by atoms with Crippen molar-refractivity contribution in [3.8, 4) is 0 Å². The van der Waals surface area contributed by atoms with Gasteiger partial charge in [-0.1, -0.05) is 25.6 Å². The number of esters is 2. The van der Waals surface area contributed by atoms with Crippen LogP contribution >= 0.6 is 11.8 Å². The highest BCUT2D eigenvalue weighted by Crippen LogP contribution is 2.12. The van der Waals surface area contributed by atoms with E-state index in [0.717, 1.165) is 6.92 Å². The van der Waals surface area contributed by atoms with Gasteiger partial charge in [0.15, 0.2) is 6.79 Å². The lowest BCUT2D eigenvalue weighted by Gasteiger charge is -2.17. The number of carbonyl (C=O) groups excluding carboxylic acids is 3. The number of carboxylic acid groups (broad SMARTS) is 1. The fraction of sp³-hybridized carbons (Fsp3) is 0.692. The molecule has 25 heavy (non-hydrogen) atoms. The summed E-state index contributed by atoms with van der Waals surface area (Å²) in [5, 5.41) is 20.5. The van der Waals surface area contributed by atoms with Gasteiger partial charge in [0, 0.05) is 12.7 Å². The minimum atomic E-state index is -1.47. The molecule has 0 heterocycles. The van der Waals surface area contributed by atoms with Gasteiger partial charge < -0.3 is 34.5 Å². The van der Waals surface area contributed by atoms with E-state index in [1.807, 2.05) is 5.32 Å². The molecule has 0 aromatic carbocycles. The molecule has 0 saturated carbocycles. The van der Waals surface area contributed by atoms with E-state index in [1.54, 1.807) is 13.8 Å². The monoisotopic (exact) mass is 383 g/mol. The van der Waals surface area contributed by atoms with Gasteiger partial charge in [-0.3, -0.25) is 9.59 Å². The van der Waals surface area contributed by atoms with Crippen LogP contribution in [0, 0.1) is 5.92 Å². The van der Waals surface area contributed by atoms with E-state index in [2.05, 4.69) is 14.2 Å². The minimum Gasteiger partial charge on any atom is -0.480 e. The highest BCUT2D eigenvalue weighted by molar-refractivity contribution is 7.99. The van der Waals surface area contributed by atoms with Gasteiger partial charge in [-0.15, -0.1) is 0 Å². The summed E-state index contributed by atoms with van der Waals surface area (Å²) in [5.41, 5.74) is -1.47. The zero-order valence-corrected chi connectivity index (χ0v) is 14.7. The molecule has 11 nitrogen and oxygen atoms in total. The average molecular weight is 383 g/mol. The second-order valence-electron chi connectivity index (χ2n) is 4.76. The van der Waals surface area contributed by atoms with Crippen LogP contribution in [0.5, 0.6) is 0 Å². The number of carboxylic acids is 1. The smallest absolute Gasteiger partial charge is 0.410 e. The molecule has 0 fully saturated rings. The van der Waals surface area contributed by atoms with Crippen LogP contribution in [0.4, 0.5) is 4.79 Å². The number of carbonyl (C=O) groups is 4. The molecule has 0 bridgehead atoms. The molecule has 144 valence electrons. The zero-order valence-electron chi connectivity index (χ0n) is 13.9. The number of ether oxygens (including phenoxy) is 4. The number of aliphatic hydroxyl groups excluding tert-OH is 1. The van der Waals surface area contributed by atoms with E-state index < -0.39 is 49.3 Å². The normalized spacial score (nSPS) is 12.8. The van der Waals surface area contributed by atoms with E-state index in [1.165, 1.54) is 0 Å². The fourth-order valence-corrected chi connectivity index (χ4v) is 1.80. The van der Waals surface area contributed by atoms with Gasteiger partial charge in [0.1, 0.15) is 6.04 Å². The number of aliphatic carboxylic acids is 1. The molecular formula is C13H21NO10S. The molecular weight excluding hydrogens is 362 g/mol. The molecule has 0 aliphatic heterocycles. The van der Waals surface area contributed by atoms with Crippen molar-refractivity contribution in [3.63, 3.8) is 0 Å². The first-order chi connectivity index (χ1) is 11.6. The van der Waals surface area contributed by atoms with Crippen LogP contribution in [0.3, 0.4) is 0 Å². The van der Waals surface area contributed by atoms with Gasteiger partial charge in [0.05, 0.1) is 5.92 Å². The summed E-state index contributed by atoms with van der Waals surface area (Å²) in [5.74, 6) is -3.19. The first kappa shape index (κ1) is 22.9. The minimum absolute atomic E-state index is 0.267. The third kappa shape index (κ3) is 12.0.